The van der Waals surface area contributed by atoms with E-state index in [1.54, 1.807) is 0 Å². The van der Waals surface area contributed by atoms with Crippen LogP contribution in [-0.2, 0) is 10.8 Å². The molecule has 0 radical (unpaired) electrons. The number of nitrogens with zero attached hydrogens (tertiary/aromatic N) is 1. The minimum atomic E-state index is -0.792. The third-order valence-electron chi connectivity index (χ3n) is 3.63. The lowest BCUT2D eigenvalue weighted by atomic mass is 10.1. The summed E-state index contributed by atoms with van der Waals surface area (Å²) in [5, 5.41) is 0. The first-order chi connectivity index (χ1) is 9.38. The largest absolute Gasteiger partial charge is 0.301 e. The number of carbonyl (C=O) groups excluding carboxylic acids is 1. The van der Waals surface area contributed by atoms with Crippen molar-refractivity contribution in [1.82, 2.24) is 4.90 Å². The SMILES string of the molecule is CC1(C)CN(CCC(=O)c2ccc(F)cc2)CC[S@@]1=O. The molecule has 1 atom stereocenters. The Kier molecular flexibility index (Phi) is 4.70. The minimum Gasteiger partial charge on any atom is -0.301 e. The molecular formula is C15H20FNO2S. The first kappa shape index (κ1) is 15.3. The summed E-state index contributed by atoms with van der Waals surface area (Å²) in [6.45, 7) is 6.17. The summed E-state index contributed by atoms with van der Waals surface area (Å²) < 4.78 is 24.4. The molecule has 1 aliphatic rings. The zero-order valence-corrected chi connectivity index (χ0v) is 12.7. The molecule has 110 valence electrons. The molecule has 1 aromatic rings. The van der Waals surface area contributed by atoms with Crippen molar-refractivity contribution in [2.75, 3.05) is 25.4 Å². The van der Waals surface area contributed by atoms with Gasteiger partial charge in [0.2, 0.25) is 0 Å². The number of rotatable bonds is 4. The normalized spacial score (nSPS) is 22.6. The minimum absolute atomic E-state index is 0.0227. The molecule has 0 aromatic heterocycles. The zero-order valence-electron chi connectivity index (χ0n) is 11.9. The Morgan fingerprint density at radius 3 is 2.60 bits per heavy atom. The number of ketones is 1. The van der Waals surface area contributed by atoms with Gasteiger partial charge in [-0.05, 0) is 38.1 Å². The van der Waals surface area contributed by atoms with Crippen LogP contribution >= 0.6 is 0 Å². The second kappa shape index (κ2) is 6.14. The molecule has 0 spiro atoms. The van der Waals surface area contributed by atoms with Crippen LogP contribution in [-0.4, -0.2) is 45.0 Å². The fourth-order valence-electron chi connectivity index (χ4n) is 2.41. The summed E-state index contributed by atoms with van der Waals surface area (Å²) in [4.78, 5) is 14.2. The molecule has 1 heterocycles. The Morgan fingerprint density at radius 2 is 2.00 bits per heavy atom. The highest BCUT2D eigenvalue weighted by atomic mass is 32.2. The Hall–Kier alpha value is -1.07. The van der Waals surface area contributed by atoms with Crippen molar-refractivity contribution < 1.29 is 13.4 Å². The van der Waals surface area contributed by atoms with Gasteiger partial charge < -0.3 is 4.90 Å². The van der Waals surface area contributed by atoms with Gasteiger partial charge in [-0.2, -0.15) is 0 Å². The first-order valence-electron chi connectivity index (χ1n) is 6.78. The van der Waals surface area contributed by atoms with Crippen LogP contribution in [0.1, 0.15) is 30.6 Å². The van der Waals surface area contributed by atoms with E-state index in [-0.39, 0.29) is 16.3 Å². The summed E-state index contributed by atoms with van der Waals surface area (Å²) in [5.74, 6) is 0.355. The first-order valence-corrected chi connectivity index (χ1v) is 8.10. The molecule has 0 N–H and O–H groups in total. The van der Waals surface area contributed by atoms with Crippen LogP contribution < -0.4 is 0 Å². The summed E-state index contributed by atoms with van der Waals surface area (Å²) in [5.41, 5.74) is 0.547. The third kappa shape index (κ3) is 3.73. The van der Waals surface area contributed by atoms with E-state index in [4.69, 9.17) is 0 Å². The number of Topliss-reactive ketones (excluding diaryl/α,β-unsaturated/α-hetero) is 1. The molecule has 0 unspecified atom stereocenters. The molecule has 20 heavy (non-hydrogen) atoms. The molecule has 0 bridgehead atoms. The van der Waals surface area contributed by atoms with Crippen LogP contribution in [0.5, 0.6) is 0 Å². The maximum atomic E-state index is 12.8. The van der Waals surface area contributed by atoms with Crippen molar-refractivity contribution in [2.45, 2.75) is 25.0 Å². The van der Waals surface area contributed by atoms with Gasteiger partial charge in [0.05, 0.1) is 4.75 Å². The van der Waals surface area contributed by atoms with E-state index in [1.165, 1.54) is 24.3 Å². The Balaban J connectivity index is 1.88. The maximum Gasteiger partial charge on any atom is 0.164 e. The van der Waals surface area contributed by atoms with E-state index < -0.39 is 10.8 Å². The monoisotopic (exact) mass is 297 g/mol. The van der Waals surface area contributed by atoms with Gasteiger partial charge in [-0.3, -0.25) is 9.00 Å². The van der Waals surface area contributed by atoms with E-state index in [0.717, 1.165) is 13.1 Å². The lowest BCUT2D eigenvalue weighted by Gasteiger charge is -2.37. The Bertz CT molecular complexity index is 513. The van der Waals surface area contributed by atoms with Gasteiger partial charge >= 0.3 is 0 Å². The predicted octanol–water partition coefficient (Wildman–Crippen LogP) is 2.24. The topological polar surface area (TPSA) is 37.4 Å². The number of hydrogen-bond acceptors (Lipinski definition) is 3. The molecule has 3 nitrogen and oxygen atoms in total. The van der Waals surface area contributed by atoms with Crippen molar-refractivity contribution in [1.29, 1.82) is 0 Å². The van der Waals surface area contributed by atoms with Crippen LogP contribution in [0.25, 0.3) is 0 Å². The Morgan fingerprint density at radius 1 is 1.35 bits per heavy atom. The lowest BCUT2D eigenvalue weighted by molar-refractivity contribution is 0.0962. The predicted molar refractivity (Wildman–Crippen MR) is 78.9 cm³/mol. The summed E-state index contributed by atoms with van der Waals surface area (Å²) in [6, 6.07) is 5.65. The molecule has 1 fully saturated rings. The van der Waals surface area contributed by atoms with E-state index in [9.17, 15) is 13.4 Å². The van der Waals surface area contributed by atoms with Crippen LogP contribution in [0.15, 0.2) is 24.3 Å². The molecule has 1 saturated heterocycles. The van der Waals surface area contributed by atoms with Crippen LogP contribution in [0.4, 0.5) is 4.39 Å². The fraction of sp³-hybridized carbons (Fsp3) is 0.533. The highest BCUT2D eigenvalue weighted by Crippen LogP contribution is 2.20. The number of carbonyl (C=O) groups is 1. The summed E-state index contributed by atoms with van der Waals surface area (Å²) in [6.07, 6.45) is 0.411. The van der Waals surface area contributed by atoms with Crippen LogP contribution in [0.3, 0.4) is 0 Å². The van der Waals surface area contributed by atoms with Crippen molar-refractivity contribution in [2.24, 2.45) is 0 Å². The average Bonchev–Trinajstić information content (AvgIpc) is 2.40. The van der Waals surface area contributed by atoms with Gasteiger partial charge in [-0.25, -0.2) is 4.39 Å². The molecule has 0 saturated carbocycles. The smallest absolute Gasteiger partial charge is 0.164 e. The van der Waals surface area contributed by atoms with Crippen molar-refractivity contribution in [3.8, 4) is 0 Å². The molecule has 0 aliphatic carbocycles. The second-order valence-corrected chi connectivity index (χ2v) is 7.97. The van der Waals surface area contributed by atoms with Gasteiger partial charge in [-0.15, -0.1) is 0 Å². The quantitative estimate of drug-likeness (QED) is 0.800. The number of benzene rings is 1. The molecule has 1 aliphatic heterocycles. The summed E-state index contributed by atoms with van der Waals surface area (Å²) in [7, 11) is -0.792. The average molecular weight is 297 g/mol. The van der Waals surface area contributed by atoms with Crippen molar-refractivity contribution in [3.05, 3.63) is 35.6 Å². The van der Waals surface area contributed by atoms with E-state index in [0.29, 0.717) is 24.3 Å². The van der Waals surface area contributed by atoms with Gasteiger partial charge in [0.25, 0.3) is 0 Å². The highest BCUT2D eigenvalue weighted by molar-refractivity contribution is 7.86. The fourth-order valence-corrected chi connectivity index (χ4v) is 3.71. The highest BCUT2D eigenvalue weighted by Gasteiger charge is 2.32. The van der Waals surface area contributed by atoms with E-state index in [1.807, 2.05) is 13.8 Å². The van der Waals surface area contributed by atoms with Gasteiger partial charge in [0.1, 0.15) is 5.82 Å². The number of halogens is 1. The lowest BCUT2D eigenvalue weighted by Crippen LogP contribution is -2.50. The third-order valence-corrected chi connectivity index (χ3v) is 5.55. The summed E-state index contributed by atoms with van der Waals surface area (Å²) >= 11 is 0. The molecule has 2 rings (SSSR count). The van der Waals surface area contributed by atoms with Crippen molar-refractivity contribution >= 4 is 16.6 Å². The van der Waals surface area contributed by atoms with Gasteiger partial charge in [0.15, 0.2) is 5.78 Å². The second-order valence-electron chi connectivity index (χ2n) is 5.77. The zero-order chi connectivity index (χ0) is 14.8. The van der Waals surface area contributed by atoms with Crippen LogP contribution in [0, 0.1) is 5.82 Å². The van der Waals surface area contributed by atoms with Crippen molar-refractivity contribution in [3.63, 3.8) is 0 Å². The molecule has 1 aromatic carbocycles. The maximum absolute atomic E-state index is 12.8. The van der Waals surface area contributed by atoms with Crippen LogP contribution in [0.2, 0.25) is 0 Å². The molecule has 0 amide bonds. The standard InChI is InChI=1S/C15H20FNO2S/c1-15(2)11-17(9-10-20(15)19)8-7-14(18)12-3-5-13(16)6-4-12/h3-6H,7-11H2,1-2H3/t20-/m0/s1. The molecule has 5 heteroatoms. The van der Waals surface area contributed by atoms with E-state index in [2.05, 4.69) is 4.90 Å². The molecular weight excluding hydrogens is 277 g/mol. The van der Waals surface area contributed by atoms with Gasteiger partial charge in [-0.1, -0.05) is 0 Å². The number of hydrogen-bond donors (Lipinski definition) is 0. The van der Waals surface area contributed by atoms with Gasteiger partial charge in [0, 0.05) is 48.2 Å². The Labute approximate surface area is 121 Å². The van der Waals surface area contributed by atoms with E-state index >= 15 is 0 Å².